The number of aliphatic imine (C=N–C) groups is 2. The molecular formula is C29H32N6O3. The molecule has 0 saturated carbocycles. The van der Waals surface area contributed by atoms with Gasteiger partial charge in [-0.1, -0.05) is 24.6 Å². The summed E-state index contributed by atoms with van der Waals surface area (Å²) in [5.41, 5.74) is 4.75. The zero-order valence-electron chi connectivity index (χ0n) is 22.0. The molecule has 196 valence electrons. The number of furan rings is 1. The molecule has 4 rings (SSSR count). The Bertz CT molecular complexity index is 1430. The van der Waals surface area contributed by atoms with Gasteiger partial charge in [-0.2, -0.15) is 5.26 Å². The van der Waals surface area contributed by atoms with Gasteiger partial charge in [-0.25, -0.2) is 9.98 Å². The van der Waals surface area contributed by atoms with E-state index >= 15 is 0 Å². The van der Waals surface area contributed by atoms with E-state index in [1.807, 2.05) is 57.3 Å². The highest BCUT2D eigenvalue weighted by Gasteiger charge is 2.27. The molecule has 1 aliphatic heterocycles. The van der Waals surface area contributed by atoms with E-state index in [1.165, 1.54) is 17.3 Å². The molecule has 0 radical (unpaired) electrons. The van der Waals surface area contributed by atoms with Gasteiger partial charge in [0.1, 0.15) is 11.3 Å². The smallest absolute Gasteiger partial charge is 0.239 e. The van der Waals surface area contributed by atoms with E-state index in [1.54, 1.807) is 11.0 Å². The fraction of sp³-hybridized carbons (Fsp3) is 0.345. The number of carbonyl (C=O) groups excluding carboxylic acids is 2. The first kappa shape index (κ1) is 26.6. The van der Waals surface area contributed by atoms with Gasteiger partial charge in [-0.05, 0) is 74.6 Å². The molecule has 2 amide bonds. The van der Waals surface area contributed by atoms with Gasteiger partial charge in [-0.3, -0.25) is 14.9 Å². The van der Waals surface area contributed by atoms with Crippen LogP contribution in [0, 0.1) is 38.1 Å². The van der Waals surface area contributed by atoms with Crippen molar-refractivity contribution in [2.75, 3.05) is 13.1 Å². The van der Waals surface area contributed by atoms with Gasteiger partial charge in [-0.15, -0.1) is 0 Å². The maximum Gasteiger partial charge on any atom is 0.239 e. The normalized spacial score (nSPS) is 16.5. The zero-order chi connectivity index (χ0) is 27.1. The maximum atomic E-state index is 13.2. The highest BCUT2D eigenvalue weighted by atomic mass is 16.3. The second kappa shape index (κ2) is 12.2. The number of aryl methyl sites for hydroxylation is 3. The number of fused-ring (bicyclic) bond motifs is 1. The summed E-state index contributed by atoms with van der Waals surface area (Å²) in [4.78, 5) is 36.2. The van der Waals surface area contributed by atoms with Crippen molar-refractivity contribution in [3.05, 3.63) is 64.9 Å². The van der Waals surface area contributed by atoms with Gasteiger partial charge in [0.15, 0.2) is 6.19 Å². The number of amides is 2. The Labute approximate surface area is 222 Å². The summed E-state index contributed by atoms with van der Waals surface area (Å²) in [6.07, 6.45) is 5.63. The number of hydrogen-bond donors (Lipinski definition) is 2. The van der Waals surface area contributed by atoms with Crippen molar-refractivity contribution in [2.24, 2.45) is 15.9 Å². The first-order valence-corrected chi connectivity index (χ1v) is 12.7. The predicted molar refractivity (Wildman–Crippen MR) is 147 cm³/mol. The van der Waals surface area contributed by atoms with E-state index in [2.05, 4.69) is 26.7 Å². The molecule has 1 saturated heterocycles. The number of rotatable bonds is 6. The minimum absolute atomic E-state index is 0.00442. The standard InChI is InChI=1S/C29H32N6O3/c1-19-7-8-22(12-20(19)2)15-31-27(36)17-35-11-5-4-6-23(28(35)37)16-32-29(33-18-30)34-25-9-10-26-24(14-25)13-21(3)38-26/h7-10,12-14,16,23H,4-6,11,15,17H2,1-3H3,(H,31,36)(H,33,34)/b32-16-. The maximum absolute atomic E-state index is 13.2. The Hall–Kier alpha value is -4.45. The summed E-state index contributed by atoms with van der Waals surface area (Å²) in [5, 5.41) is 15.5. The fourth-order valence-corrected chi connectivity index (χ4v) is 4.43. The van der Waals surface area contributed by atoms with Crippen LogP contribution in [0.4, 0.5) is 5.69 Å². The molecule has 1 aliphatic rings. The first-order valence-electron chi connectivity index (χ1n) is 12.7. The number of nitriles is 1. The molecule has 1 fully saturated rings. The van der Waals surface area contributed by atoms with Crippen LogP contribution in [0.2, 0.25) is 0 Å². The third-order valence-corrected chi connectivity index (χ3v) is 6.62. The number of likely N-dealkylation sites (tertiary alicyclic amines) is 1. The van der Waals surface area contributed by atoms with Crippen LogP contribution in [0.25, 0.3) is 11.0 Å². The number of nitrogens with one attached hydrogen (secondary N) is 2. The Morgan fingerprint density at radius 3 is 2.79 bits per heavy atom. The van der Waals surface area contributed by atoms with Crippen LogP contribution in [0.15, 0.2) is 56.9 Å². The Balaban J connectivity index is 1.41. The zero-order valence-corrected chi connectivity index (χ0v) is 22.0. The molecule has 2 heterocycles. The van der Waals surface area contributed by atoms with Crippen LogP contribution >= 0.6 is 0 Å². The number of carbonyl (C=O) groups is 2. The van der Waals surface area contributed by atoms with Crippen LogP contribution in [0.5, 0.6) is 0 Å². The van der Waals surface area contributed by atoms with Gasteiger partial charge < -0.3 is 14.6 Å². The fourth-order valence-electron chi connectivity index (χ4n) is 4.43. The van der Waals surface area contributed by atoms with Crippen molar-refractivity contribution in [3.63, 3.8) is 0 Å². The van der Waals surface area contributed by atoms with Gasteiger partial charge in [0.2, 0.25) is 17.8 Å². The van der Waals surface area contributed by atoms with Crippen LogP contribution in [0.3, 0.4) is 0 Å². The number of guanidine groups is 1. The topological polar surface area (TPSA) is 123 Å². The summed E-state index contributed by atoms with van der Waals surface area (Å²) in [6, 6.07) is 13.4. The quantitative estimate of drug-likeness (QED) is 0.219. The van der Waals surface area contributed by atoms with E-state index in [0.717, 1.165) is 35.1 Å². The van der Waals surface area contributed by atoms with Crippen LogP contribution in [-0.4, -0.2) is 42.0 Å². The van der Waals surface area contributed by atoms with E-state index < -0.39 is 5.92 Å². The Kier molecular flexibility index (Phi) is 8.54. The molecule has 3 aromatic rings. The molecular weight excluding hydrogens is 480 g/mol. The molecule has 0 bridgehead atoms. The summed E-state index contributed by atoms with van der Waals surface area (Å²) in [7, 11) is 0. The predicted octanol–water partition coefficient (Wildman–Crippen LogP) is 4.43. The minimum Gasteiger partial charge on any atom is -0.461 e. The summed E-state index contributed by atoms with van der Waals surface area (Å²) in [6.45, 7) is 6.89. The molecule has 0 aliphatic carbocycles. The molecule has 1 aromatic heterocycles. The lowest BCUT2D eigenvalue weighted by atomic mass is 10.0. The lowest BCUT2D eigenvalue weighted by molar-refractivity contribution is -0.137. The van der Waals surface area contributed by atoms with Crippen molar-refractivity contribution in [3.8, 4) is 6.19 Å². The summed E-state index contributed by atoms with van der Waals surface area (Å²) < 4.78 is 5.59. The first-order chi connectivity index (χ1) is 18.3. The van der Waals surface area contributed by atoms with Gasteiger partial charge >= 0.3 is 0 Å². The van der Waals surface area contributed by atoms with Gasteiger partial charge in [0, 0.05) is 24.7 Å². The van der Waals surface area contributed by atoms with Crippen LogP contribution < -0.4 is 10.6 Å². The van der Waals surface area contributed by atoms with E-state index in [-0.39, 0.29) is 24.3 Å². The largest absolute Gasteiger partial charge is 0.461 e. The second-order valence-corrected chi connectivity index (χ2v) is 9.59. The lowest BCUT2D eigenvalue weighted by Crippen LogP contribution is -2.43. The molecule has 0 spiro atoms. The molecule has 9 heteroatoms. The van der Waals surface area contributed by atoms with Crippen molar-refractivity contribution >= 4 is 40.6 Å². The van der Waals surface area contributed by atoms with Crippen molar-refractivity contribution in [1.29, 1.82) is 5.26 Å². The van der Waals surface area contributed by atoms with E-state index in [0.29, 0.717) is 25.2 Å². The summed E-state index contributed by atoms with van der Waals surface area (Å²) >= 11 is 0. The van der Waals surface area contributed by atoms with Crippen molar-refractivity contribution in [2.45, 2.75) is 46.6 Å². The third-order valence-electron chi connectivity index (χ3n) is 6.62. The van der Waals surface area contributed by atoms with Crippen LogP contribution in [-0.2, 0) is 16.1 Å². The highest BCUT2D eigenvalue weighted by molar-refractivity contribution is 6.00. The van der Waals surface area contributed by atoms with Crippen molar-refractivity contribution < 1.29 is 14.0 Å². The summed E-state index contributed by atoms with van der Waals surface area (Å²) in [5.74, 6) is 0.0213. The molecule has 9 nitrogen and oxygen atoms in total. The molecule has 2 aromatic carbocycles. The third kappa shape index (κ3) is 6.85. The molecule has 1 atom stereocenters. The highest BCUT2D eigenvalue weighted by Crippen LogP contribution is 2.24. The average Bonchev–Trinajstić information content (AvgIpc) is 3.18. The SMILES string of the molecule is Cc1cc2cc(N=C(/N=C\C3CCCCN(CC(=O)NCc4ccc(C)c(C)c4)C3=O)NC#N)ccc2o1. The Morgan fingerprint density at radius 1 is 1.16 bits per heavy atom. The van der Waals surface area contributed by atoms with Crippen molar-refractivity contribution in [1.82, 2.24) is 15.5 Å². The van der Waals surface area contributed by atoms with Gasteiger partial charge in [0.05, 0.1) is 18.2 Å². The minimum atomic E-state index is -0.505. The van der Waals surface area contributed by atoms with Gasteiger partial charge in [0.25, 0.3) is 0 Å². The average molecular weight is 513 g/mol. The molecule has 38 heavy (non-hydrogen) atoms. The molecule has 1 unspecified atom stereocenters. The van der Waals surface area contributed by atoms with E-state index in [9.17, 15) is 14.9 Å². The number of hydrogen-bond acceptors (Lipinski definition) is 5. The number of benzene rings is 2. The number of nitrogens with zero attached hydrogens (tertiary/aromatic N) is 4. The lowest BCUT2D eigenvalue weighted by Gasteiger charge is -2.22. The monoisotopic (exact) mass is 512 g/mol. The van der Waals surface area contributed by atoms with E-state index in [4.69, 9.17) is 4.42 Å². The van der Waals surface area contributed by atoms with Crippen LogP contribution in [0.1, 0.15) is 41.7 Å². The molecule has 2 N–H and O–H groups in total. The Morgan fingerprint density at radius 2 is 2.00 bits per heavy atom. The second-order valence-electron chi connectivity index (χ2n) is 9.59.